The molecule has 0 amide bonds. The molecule has 0 aliphatic heterocycles. The van der Waals surface area contributed by atoms with Crippen LogP contribution >= 0.6 is 11.8 Å². The fraction of sp³-hybridized carbons (Fsp3) is 0.250. The largest absolute Gasteiger partial charge is 0.497 e. The fourth-order valence-electron chi connectivity index (χ4n) is 1.84. The molecular weight excluding hydrogens is 270 g/mol. The van der Waals surface area contributed by atoms with Crippen LogP contribution in [0.1, 0.15) is 12.5 Å². The molecule has 2 N–H and O–H groups in total. The van der Waals surface area contributed by atoms with Gasteiger partial charge in [-0.2, -0.15) is 0 Å². The minimum Gasteiger partial charge on any atom is -0.497 e. The van der Waals surface area contributed by atoms with Gasteiger partial charge in [-0.3, -0.25) is 0 Å². The lowest BCUT2D eigenvalue weighted by Gasteiger charge is -2.11. The summed E-state index contributed by atoms with van der Waals surface area (Å²) in [5.74, 6) is 2.57. The van der Waals surface area contributed by atoms with Crippen molar-refractivity contribution in [2.75, 3.05) is 19.5 Å². The van der Waals surface area contributed by atoms with E-state index in [1.165, 1.54) is 5.56 Å². The minimum atomic E-state index is 0.670. The van der Waals surface area contributed by atoms with Crippen LogP contribution in [-0.4, -0.2) is 13.7 Å². The molecule has 3 nitrogen and oxygen atoms in total. The average Bonchev–Trinajstić information content (AvgIpc) is 2.48. The first-order chi connectivity index (χ1) is 9.74. The second-order valence-corrected chi connectivity index (χ2v) is 5.25. The lowest BCUT2D eigenvalue weighted by molar-refractivity contribution is 0.337. The fourth-order valence-corrected chi connectivity index (χ4v) is 2.83. The normalized spacial score (nSPS) is 10.3. The number of hydrogen-bond donors (Lipinski definition) is 1. The first-order valence-corrected chi connectivity index (χ1v) is 7.50. The predicted molar refractivity (Wildman–Crippen MR) is 84.6 cm³/mol. The van der Waals surface area contributed by atoms with Gasteiger partial charge in [-0.05, 0) is 31.2 Å². The molecule has 0 saturated heterocycles. The van der Waals surface area contributed by atoms with Gasteiger partial charge in [0, 0.05) is 21.9 Å². The summed E-state index contributed by atoms with van der Waals surface area (Å²) < 4.78 is 10.9. The highest BCUT2D eigenvalue weighted by Crippen LogP contribution is 2.33. The van der Waals surface area contributed by atoms with Crippen molar-refractivity contribution in [3.05, 3.63) is 48.0 Å². The summed E-state index contributed by atoms with van der Waals surface area (Å²) in [6.45, 7) is 2.66. The first-order valence-electron chi connectivity index (χ1n) is 6.51. The van der Waals surface area contributed by atoms with Crippen LogP contribution in [-0.2, 0) is 5.75 Å². The van der Waals surface area contributed by atoms with Crippen LogP contribution in [0.3, 0.4) is 0 Å². The summed E-state index contributed by atoms with van der Waals surface area (Å²) in [5.41, 5.74) is 7.93. The molecule has 2 aromatic rings. The van der Waals surface area contributed by atoms with Gasteiger partial charge in [0.2, 0.25) is 0 Å². The molecule has 0 aromatic heterocycles. The van der Waals surface area contributed by atoms with Crippen LogP contribution < -0.4 is 15.2 Å². The Labute approximate surface area is 124 Å². The van der Waals surface area contributed by atoms with Crippen LogP contribution in [0, 0.1) is 0 Å². The van der Waals surface area contributed by atoms with Crippen molar-refractivity contribution in [1.29, 1.82) is 0 Å². The van der Waals surface area contributed by atoms with Crippen molar-refractivity contribution in [3.63, 3.8) is 0 Å². The standard InChI is InChI=1S/C16H19NO2S/c1-3-19-15-7-5-4-6-12(15)11-20-16-10-13(18-2)8-9-14(16)17/h4-10H,3,11,17H2,1-2H3. The van der Waals surface area contributed by atoms with E-state index in [1.54, 1.807) is 18.9 Å². The van der Waals surface area contributed by atoms with E-state index >= 15 is 0 Å². The van der Waals surface area contributed by atoms with Crippen molar-refractivity contribution in [1.82, 2.24) is 0 Å². The van der Waals surface area contributed by atoms with Crippen molar-refractivity contribution in [2.45, 2.75) is 17.6 Å². The number of rotatable bonds is 6. The summed E-state index contributed by atoms with van der Waals surface area (Å²) >= 11 is 1.68. The summed E-state index contributed by atoms with van der Waals surface area (Å²) in [4.78, 5) is 1.02. The van der Waals surface area contributed by atoms with Gasteiger partial charge >= 0.3 is 0 Å². The molecule has 0 unspecified atom stereocenters. The number of thioether (sulfide) groups is 1. The first kappa shape index (κ1) is 14.6. The Kier molecular flexibility index (Phi) is 5.18. The molecule has 0 spiro atoms. The van der Waals surface area contributed by atoms with Crippen LogP contribution in [0.25, 0.3) is 0 Å². The van der Waals surface area contributed by atoms with E-state index in [2.05, 4.69) is 6.07 Å². The van der Waals surface area contributed by atoms with E-state index in [9.17, 15) is 0 Å². The molecule has 2 rings (SSSR count). The molecule has 0 bridgehead atoms. The molecule has 0 radical (unpaired) electrons. The zero-order valence-corrected chi connectivity index (χ0v) is 12.6. The van der Waals surface area contributed by atoms with E-state index in [1.807, 2.05) is 43.3 Å². The van der Waals surface area contributed by atoms with Crippen LogP contribution in [0.2, 0.25) is 0 Å². The molecule has 4 heteroatoms. The molecule has 0 saturated carbocycles. The van der Waals surface area contributed by atoms with E-state index in [4.69, 9.17) is 15.2 Å². The third kappa shape index (κ3) is 3.61. The monoisotopic (exact) mass is 289 g/mol. The van der Waals surface area contributed by atoms with E-state index in [-0.39, 0.29) is 0 Å². The molecule has 20 heavy (non-hydrogen) atoms. The highest BCUT2D eigenvalue weighted by molar-refractivity contribution is 7.98. The number of hydrogen-bond acceptors (Lipinski definition) is 4. The Hall–Kier alpha value is -1.81. The topological polar surface area (TPSA) is 44.5 Å². The quantitative estimate of drug-likeness (QED) is 0.645. The second-order valence-electron chi connectivity index (χ2n) is 4.23. The van der Waals surface area contributed by atoms with E-state index in [0.717, 1.165) is 27.8 Å². The smallest absolute Gasteiger partial charge is 0.123 e. The van der Waals surface area contributed by atoms with E-state index < -0.39 is 0 Å². The van der Waals surface area contributed by atoms with Gasteiger partial charge in [-0.1, -0.05) is 18.2 Å². The van der Waals surface area contributed by atoms with Crippen LogP contribution in [0.5, 0.6) is 11.5 Å². The summed E-state index contributed by atoms with van der Waals surface area (Å²) in [7, 11) is 1.66. The Morgan fingerprint density at radius 1 is 1.15 bits per heavy atom. The van der Waals surface area contributed by atoms with Gasteiger partial charge in [0.1, 0.15) is 11.5 Å². The Morgan fingerprint density at radius 3 is 2.70 bits per heavy atom. The lowest BCUT2D eigenvalue weighted by Crippen LogP contribution is -1.96. The maximum absolute atomic E-state index is 6.00. The molecule has 0 aliphatic rings. The van der Waals surface area contributed by atoms with Gasteiger partial charge < -0.3 is 15.2 Å². The molecular formula is C16H19NO2S. The van der Waals surface area contributed by atoms with E-state index in [0.29, 0.717) is 6.61 Å². The lowest BCUT2D eigenvalue weighted by atomic mass is 10.2. The Bertz CT molecular complexity index is 572. The highest BCUT2D eigenvalue weighted by atomic mass is 32.2. The third-order valence-electron chi connectivity index (χ3n) is 2.88. The summed E-state index contributed by atoms with van der Waals surface area (Å²) in [5, 5.41) is 0. The van der Waals surface area contributed by atoms with Crippen LogP contribution in [0.15, 0.2) is 47.4 Å². The molecule has 0 heterocycles. The molecule has 0 atom stereocenters. The maximum atomic E-state index is 6.00. The van der Waals surface area contributed by atoms with Crippen molar-refractivity contribution < 1.29 is 9.47 Å². The molecule has 106 valence electrons. The second kappa shape index (κ2) is 7.10. The van der Waals surface area contributed by atoms with Crippen molar-refractivity contribution in [3.8, 4) is 11.5 Å². The predicted octanol–water partition coefficient (Wildman–Crippen LogP) is 3.97. The number of nitrogens with two attached hydrogens (primary N) is 1. The number of ether oxygens (including phenoxy) is 2. The highest BCUT2D eigenvalue weighted by Gasteiger charge is 2.06. The van der Waals surface area contributed by atoms with Gasteiger partial charge in [0.15, 0.2) is 0 Å². The SMILES string of the molecule is CCOc1ccccc1CSc1cc(OC)ccc1N. The molecule has 0 aliphatic carbocycles. The average molecular weight is 289 g/mol. The number of benzene rings is 2. The molecule has 0 fully saturated rings. The zero-order chi connectivity index (χ0) is 14.4. The van der Waals surface area contributed by atoms with Gasteiger partial charge in [0.05, 0.1) is 13.7 Å². The number of anilines is 1. The number of para-hydroxylation sites is 1. The van der Waals surface area contributed by atoms with Gasteiger partial charge in [-0.25, -0.2) is 0 Å². The van der Waals surface area contributed by atoms with Gasteiger partial charge in [-0.15, -0.1) is 11.8 Å². The third-order valence-corrected chi connectivity index (χ3v) is 4.00. The zero-order valence-electron chi connectivity index (χ0n) is 11.8. The molecule has 2 aromatic carbocycles. The Balaban J connectivity index is 2.12. The van der Waals surface area contributed by atoms with Crippen molar-refractivity contribution in [2.24, 2.45) is 0 Å². The summed E-state index contributed by atoms with van der Waals surface area (Å²) in [6.07, 6.45) is 0. The van der Waals surface area contributed by atoms with Gasteiger partial charge in [0.25, 0.3) is 0 Å². The van der Waals surface area contributed by atoms with Crippen LogP contribution in [0.4, 0.5) is 5.69 Å². The van der Waals surface area contributed by atoms with Crippen molar-refractivity contribution >= 4 is 17.4 Å². The Morgan fingerprint density at radius 2 is 1.95 bits per heavy atom. The maximum Gasteiger partial charge on any atom is 0.123 e. The number of methoxy groups -OCH3 is 1. The summed E-state index contributed by atoms with van der Waals surface area (Å²) in [6, 6.07) is 13.8. The minimum absolute atomic E-state index is 0.670. The number of nitrogen functional groups attached to an aromatic ring is 1.